The number of nitrogens with one attached hydrogen (secondary N) is 1. The minimum Gasteiger partial charge on any atom is -0.494 e. The van der Waals surface area contributed by atoms with Crippen LogP contribution in [0.5, 0.6) is 5.75 Å². The van der Waals surface area contributed by atoms with Crippen molar-refractivity contribution in [3.05, 3.63) is 29.6 Å². The van der Waals surface area contributed by atoms with Crippen molar-refractivity contribution >= 4 is 0 Å². The molecule has 1 aromatic carbocycles. The molecule has 0 aliphatic rings. The van der Waals surface area contributed by atoms with E-state index in [1.165, 1.54) is 7.11 Å². The van der Waals surface area contributed by atoms with Crippen LogP contribution < -0.4 is 10.1 Å². The summed E-state index contributed by atoms with van der Waals surface area (Å²) in [6.07, 6.45) is 0.776. The van der Waals surface area contributed by atoms with Crippen molar-refractivity contribution in [2.75, 3.05) is 20.8 Å². The van der Waals surface area contributed by atoms with E-state index in [9.17, 15) is 4.39 Å². The monoisotopic (exact) mass is 269 g/mol. The van der Waals surface area contributed by atoms with E-state index in [1.807, 2.05) is 20.8 Å². The minimum absolute atomic E-state index is 0.220. The van der Waals surface area contributed by atoms with Gasteiger partial charge in [0.2, 0.25) is 0 Å². The van der Waals surface area contributed by atoms with Crippen LogP contribution in [0, 0.1) is 5.82 Å². The number of methoxy groups -OCH3 is 2. The Labute approximate surface area is 115 Å². The molecule has 0 saturated carbocycles. The maximum atomic E-state index is 14.4. The molecule has 0 aliphatic carbocycles. The Bertz CT molecular complexity index is 405. The summed E-state index contributed by atoms with van der Waals surface area (Å²) in [6.45, 7) is 6.75. The summed E-state index contributed by atoms with van der Waals surface area (Å²) in [5.74, 6) is -0.0670. The van der Waals surface area contributed by atoms with E-state index >= 15 is 0 Å². The van der Waals surface area contributed by atoms with Crippen LogP contribution in [0.25, 0.3) is 0 Å². The summed E-state index contributed by atoms with van der Waals surface area (Å²) in [5.41, 5.74) is 0.107. The van der Waals surface area contributed by atoms with Gasteiger partial charge in [-0.15, -0.1) is 0 Å². The number of ether oxygens (including phenoxy) is 2. The Kier molecular flexibility index (Phi) is 5.76. The maximum absolute atomic E-state index is 14.4. The van der Waals surface area contributed by atoms with Crippen LogP contribution in [0.1, 0.15) is 38.8 Å². The SMILES string of the molecule is CCNC(c1cccc(OC)c1F)C(C)(CC)OC. The fraction of sp³-hybridized carbons (Fsp3) is 0.600. The van der Waals surface area contributed by atoms with Gasteiger partial charge in [-0.1, -0.05) is 26.0 Å². The third-order valence-electron chi connectivity index (χ3n) is 3.71. The molecule has 0 aromatic heterocycles. The van der Waals surface area contributed by atoms with Crippen molar-refractivity contribution in [2.24, 2.45) is 0 Å². The molecule has 2 unspecified atom stereocenters. The molecule has 0 saturated heterocycles. The van der Waals surface area contributed by atoms with Gasteiger partial charge in [0.25, 0.3) is 0 Å². The summed E-state index contributed by atoms with van der Waals surface area (Å²) < 4.78 is 25.1. The van der Waals surface area contributed by atoms with Crippen LogP contribution in [-0.4, -0.2) is 26.4 Å². The quantitative estimate of drug-likeness (QED) is 0.824. The van der Waals surface area contributed by atoms with E-state index in [-0.39, 0.29) is 17.6 Å². The van der Waals surface area contributed by atoms with Crippen LogP contribution >= 0.6 is 0 Å². The molecular formula is C15H24FNO2. The highest BCUT2D eigenvalue weighted by Gasteiger charge is 2.35. The summed E-state index contributed by atoms with van der Waals surface area (Å²) >= 11 is 0. The highest BCUT2D eigenvalue weighted by Crippen LogP contribution is 2.35. The van der Waals surface area contributed by atoms with Gasteiger partial charge >= 0.3 is 0 Å². The summed E-state index contributed by atoms with van der Waals surface area (Å²) in [7, 11) is 3.13. The lowest BCUT2D eigenvalue weighted by Gasteiger charge is -2.37. The normalized spacial score (nSPS) is 15.9. The molecular weight excluding hydrogens is 245 g/mol. The van der Waals surface area contributed by atoms with E-state index in [0.717, 1.165) is 13.0 Å². The number of benzene rings is 1. The largest absolute Gasteiger partial charge is 0.494 e. The molecule has 1 N–H and O–H groups in total. The Morgan fingerprint density at radius 2 is 2.00 bits per heavy atom. The van der Waals surface area contributed by atoms with Crippen molar-refractivity contribution in [1.82, 2.24) is 5.32 Å². The molecule has 4 heteroatoms. The molecule has 1 rings (SSSR count). The van der Waals surface area contributed by atoms with Crippen molar-refractivity contribution in [1.29, 1.82) is 0 Å². The van der Waals surface area contributed by atoms with Crippen LogP contribution in [0.3, 0.4) is 0 Å². The van der Waals surface area contributed by atoms with Crippen molar-refractivity contribution in [3.63, 3.8) is 0 Å². The van der Waals surface area contributed by atoms with Crippen LogP contribution in [0.2, 0.25) is 0 Å². The maximum Gasteiger partial charge on any atom is 0.169 e. The third-order valence-corrected chi connectivity index (χ3v) is 3.71. The second-order valence-electron chi connectivity index (χ2n) is 4.72. The van der Waals surface area contributed by atoms with Crippen molar-refractivity contribution in [2.45, 2.75) is 38.8 Å². The number of likely N-dealkylation sites (N-methyl/N-ethyl adjacent to an activating group) is 1. The van der Waals surface area contributed by atoms with Crippen molar-refractivity contribution < 1.29 is 13.9 Å². The fourth-order valence-corrected chi connectivity index (χ4v) is 2.23. The first-order valence-corrected chi connectivity index (χ1v) is 6.65. The van der Waals surface area contributed by atoms with E-state index in [1.54, 1.807) is 25.3 Å². The molecule has 108 valence electrons. The smallest absolute Gasteiger partial charge is 0.169 e. The van der Waals surface area contributed by atoms with Gasteiger partial charge in [0.15, 0.2) is 11.6 Å². The third kappa shape index (κ3) is 3.25. The van der Waals surface area contributed by atoms with Crippen LogP contribution in [0.4, 0.5) is 4.39 Å². The van der Waals surface area contributed by atoms with E-state index in [4.69, 9.17) is 9.47 Å². The van der Waals surface area contributed by atoms with Gasteiger partial charge in [-0.3, -0.25) is 0 Å². The topological polar surface area (TPSA) is 30.5 Å². The van der Waals surface area contributed by atoms with Gasteiger partial charge in [0, 0.05) is 12.7 Å². The zero-order chi connectivity index (χ0) is 14.5. The minimum atomic E-state index is -0.469. The van der Waals surface area contributed by atoms with Gasteiger partial charge in [0.05, 0.1) is 18.8 Å². The molecule has 19 heavy (non-hydrogen) atoms. The predicted molar refractivity (Wildman–Crippen MR) is 75.1 cm³/mol. The molecule has 2 atom stereocenters. The molecule has 1 aromatic rings. The molecule has 0 fully saturated rings. The average Bonchev–Trinajstić information content (AvgIpc) is 2.44. The lowest BCUT2D eigenvalue weighted by atomic mass is 9.87. The Morgan fingerprint density at radius 1 is 1.32 bits per heavy atom. The van der Waals surface area contributed by atoms with E-state index in [2.05, 4.69) is 5.32 Å². The Hall–Kier alpha value is -1.13. The molecule has 0 radical (unpaired) electrons. The molecule has 3 nitrogen and oxygen atoms in total. The Balaban J connectivity index is 3.26. The van der Waals surface area contributed by atoms with Crippen LogP contribution in [-0.2, 0) is 4.74 Å². The van der Waals surface area contributed by atoms with Crippen LogP contribution in [0.15, 0.2) is 18.2 Å². The summed E-state index contributed by atoms with van der Waals surface area (Å²) in [5, 5.41) is 3.31. The van der Waals surface area contributed by atoms with Gasteiger partial charge in [-0.05, 0) is 26.0 Å². The van der Waals surface area contributed by atoms with Gasteiger partial charge in [0.1, 0.15) is 0 Å². The molecule has 0 aliphatic heterocycles. The lowest BCUT2D eigenvalue weighted by Crippen LogP contribution is -2.43. The first-order chi connectivity index (χ1) is 9.03. The van der Waals surface area contributed by atoms with Gasteiger partial charge in [-0.2, -0.15) is 0 Å². The highest BCUT2D eigenvalue weighted by molar-refractivity contribution is 5.34. The number of hydrogen-bond acceptors (Lipinski definition) is 3. The fourth-order valence-electron chi connectivity index (χ4n) is 2.23. The predicted octanol–water partition coefficient (Wildman–Crippen LogP) is 3.30. The average molecular weight is 269 g/mol. The molecule has 0 bridgehead atoms. The van der Waals surface area contributed by atoms with Crippen molar-refractivity contribution in [3.8, 4) is 5.75 Å². The second kappa shape index (κ2) is 6.87. The van der Waals surface area contributed by atoms with E-state index in [0.29, 0.717) is 5.56 Å². The molecule has 0 spiro atoms. The highest BCUT2D eigenvalue weighted by atomic mass is 19.1. The Morgan fingerprint density at radius 3 is 2.47 bits per heavy atom. The van der Waals surface area contributed by atoms with Gasteiger partial charge in [-0.25, -0.2) is 4.39 Å². The lowest BCUT2D eigenvalue weighted by molar-refractivity contribution is -0.0305. The number of hydrogen-bond donors (Lipinski definition) is 1. The molecule has 0 heterocycles. The second-order valence-corrected chi connectivity index (χ2v) is 4.72. The summed E-state index contributed by atoms with van der Waals surface area (Å²) in [4.78, 5) is 0. The van der Waals surface area contributed by atoms with E-state index < -0.39 is 5.60 Å². The standard InChI is InChI=1S/C15H24FNO2/c1-6-15(3,19-5)14(17-7-2)11-9-8-10-12(18-4)13(11)16/h8-10,14,17H,6-7H2,1-5H3. The first-order valence-electron chi connectivity index (χ1n) is 6.65. The van der Waals surface area contributed by atoms with Gasteiger partial charge < -0.3 is 14.8 Å². The zero-order valence-electron chi connectivity index (χ0n) is 12.4. The zero-order valence-corrected chi connectivity index (χ0v) is 12.4. The first kappa shape index (κ1) is 15.9. The number of halogens is 1. The molecule has 0 amide bonds. The number of rotatable bonds is 7. The summed E-state index contributed by atoms with van der Waals surface area (Å²) in [6, 6.07) is 4.98.